The Labute approximate surface area is 128 Å². The maximum absolute atomic E-state index is 6.03. The van der Waals surface area contributed by atoms with Gasteiger partial charge in [0.2, 0.25) is 5.88 Å². The van der Waals surface area contributed by atoms with Crippen LogP contribution in [-0.4, -0.2) is 48.2 Å². The standard InChI is InChI=1S/C15H29N5O/c1-5-9-12-18-14(13(16)15(19-12)21-4)17-10-8-11-20(6-2)7-3/h5-11,16H2,1-4H3,(H,17,18,19). The summed E-state index contributed by atoms with van der Waals surface area (Å²) in [6, 6.07) is 0. The molecule has 6 heteroatoms. The van der Waals surface area contributed by atoms with Crippen LogP contribution in [0.1, 0.15) is 39.4 Å². The maximum Gasteiger partial charge on any atom is 0.242 e. The lowest BCUT2D eigenvalue weighted by atomic mass is 10.3. The van der Waals surface area contributed by atoms with E-state index in [-0.39, 0.29) is 0 Å². The Balaban J connectivity index is 2.62. The third-order valence-electron chi connectivity index (χ3n) is 3.46. The van der Waals surface area contributed by atoms with Gasteiger partial charge in [-0.3, -0.25) is 0 Å². The van der Waals surface area contributed by atoms with Crippen molar-refractivity contribution >= 4 is 11.5 Å². The van der Waals surface area contributed by atoms with Crippen molar-refractivity contribution in [3.8, 4) is 5.88 Å². The molecule has 1 aromatic heterocycles. The Morgan fingerprint density at radius 3 is 2.48 bits per heavy atom. The first-order chi connectivity index (χ1) is 10.2. The molecule has 0 aliphatic rings. The molecule has 120 valence electrons. The van der Waals surface area contributed by atoms with E-state index in [9.17, 15) is 0 Å². The number of rotatable bonds is 10. The molecule has 0 saturated carbocycles. The molecule has 0 fully saturated rings. The van der Waals surface area contributed by atoms with Gasteiger partial charge >= 0.3 is 0 Å². The van der Waals surface area contributed by atoms with Crippen molar-refractivity contribution in [3.63, 3.8) is 0 Å². The molecule has 0 bridgehead atoms. The number of nitrogens with two attached hydrogens (primary N) is 1. The number of hydrogen-bond acceptors (Lipinski definition) is 6. The Morgan fingerprint density at radius 1 is 1.19 bits per heavy atom. The minimum Gasteiger partial charge on any atom is -0.479 e. The highest BCUT2D eigenvalue weighted by atomic mass is 16.5. The number of hydrogen-bond donors (Lipinski definition) is 2. The van der Waals surface area contributed by atoms with E-state index in [0.29, 0.717) is 17.4 Å². The van der Waals surface area contributed by atoms with Gasteiger partial charge in [-0.15, -0.1) is 0 Å². The second-order valence-corrected chi connectivity index (χ2v) is 4.97. The zero-order valence-electron chi connectivity index (χ0n) is 13.8. The monoisotopic (exact) mass is 295 g/mol. The van der Waals surface area contributed by atoms with Gasteiger partial charge in [0.25, 0.3) is 0 Å². The van der Waals surface area contributed by atoms with E-state index in [1.54, 1.807) is 7.11 Å². The zero-order valence-corrected chi connectivity index (χ0v) is 13.8. The second-order valence-electron chi connectivity index (χ2n) is 4.97. The second kappa shape index (κ2) is 9.39. The third kappa shape index (κ3) is 5.38. The van der Waals surface area contributed by atoms with Gasteiger partial charge in [0, 0.05) is 13.0 Å². The van der Waals surface area contributed by atoms with E-state index in [0.717, 1.165) is 51.3 Å². The van der Waals surface area contributed by atoms with E-state index in [4.69, 9.17) is 10.5 Å². The van der Waals surface area contributed by atoms with Crippen LogP contribution in [0.3, 0.4) is 0 Å². The molecule has 3 N–H and O–H groups in total. The fourth-order valence-electron chi connectivity index (χ4n) is 2.17. The molecular formula is C15H29N5O. The van der Waals surface area contributed by atoms with Crippen LogP contribution in [0.15, 0.2) is 0 Å². The molecule has 0 aliphatic carbocycles. The largest absolute Gasteiger partial charge is 0.479 e. The SMILES string of the molecule is CCCc1nc(NCCCN(CC)CC)c(N)c(OC)n1. The summed E-state index contributed by atoms with van der Waals surface area (Å²) in [6.45, 7) is 10.5. The topological polar surface area (TPSA) is 76.3 Å². The lowest BCUT2D eigenvalue weighted by Crippen LogP contribution is -2.25. The number of anilines is 2. The van der Waals surface area contributed by atoms with Crippen LogP contribution in [0.4, 0.5) is 11.5 Å². The van der Waals surface area contributed by atoms with Crippen LogP contribution >= 0.6 is 0 Å². The molecule has 0 unspecified atom stereocenters. The predicted octanol–water partition coefficient (Wildman–Crippen LogP) is 2.16. The first-order valence-electron chi connectivity index (χ1n) is 7.82. The molecule has 1 heterocycles. The van der Waals surface area contributed by atoms with Crippen LogP contribution in [0.2, 0.25) is 0 Å². The summed E-state index contributed by atoms with van der Waals surface area (Å²) >= 11 is 0. The fraction of sp³-hybridized carbons (Fsp3) is 0.733. The summed E-state index contributed by atoms with van der Waals surface area (Å²) in [5.41, 5.74) is 6.52. The molecule has 0 amide bonds. The quantitative estimate of drug-likeness (QED) is 0.644. The Kier molecular flexibility index (Phi) is 7.82. The molecule has 1 rings (SSSR count). The lowest BCUT2D eigenvalue weighted by Gasteiger charge is -2.18. The van der Waals surface area contributed by atoms with Gasteiger partial charge < -0.3 is 20.7 Å². The van der Waals surface area contributed by atoms with Crippen molar-refractivity contribution in [3.05, 3.63) is 5.82 Å². The lowest BCUT2D eigenvalue weighted by molar-refractivity contribution is 0.303. The molecule has 6 nitrogen and oxygen atoms in total. The van der Waals surface area contributed by atoms with Crippen LogP contribution in [0.25, 0.3) is 0 Å². The Bertz CT molecular complexity index is 421. The number of ether oxygens (including phenoxy) is 1. The van der Waals surface area contributed by atoms with E-state index < -0.39 is 0 Å². The van der Waals surface area contributed by atoms with Crippen molar-refractivity contribution < 1.29 is 4.74 Å². The van der Waals surface area contributed by atoms with Gasteiger partial charge in [-0.1, -0.05) is 20.8 Å². The summed E-state index contributed by atoms with van der Waals surface area (Å²) in [4.78, 5) is 11.2. The minimum absolute atomic E-state index is 0.458. The average molecular weight is 295 g/mol. The molecule has 0 aromatic carbocycles. The fourth-order valence-corrected chi connectivity index (χ4v) is 2.17. The summed E-state index contributed by atoms with van der Waals surface area (Å²) in [5.74, 6) is 1.92. The highest BCUT2D eigenvalue weighted by Gasteiger charge is 2.11. The van der Waals surface area contributed by atoms with Gasteiger partial charge in [-0.2, -0.15) is 4.98 Å². The number of nitrogens with zero attached hydrogens (tertiary/aromatic N) is 3. The zero-order chi connectivity index (χ0) is 15.7. The molecule has 0 saturated heterocycles. The first-order valence-corrected chi connectivity index (χ1v) is 7.82. The predicted molar refractivity (Wildman–Crippen MR) is 87.9 cm³/mol. The molecule has 1 aromatic rings. The first kappa shape index (κ1) is 17.5. The van der Waals surface area contributed by atoms with Crippen molar-refractivity contribution in [1.82, 2.24) is 14.9 Å². The van der Waals surface area contributed by atoms with Crippen LogP contribution in [-0.2, 0) is 6.42 Å². The molecule has 21 heavy (non-hydrogen) atoms. The summed E-state index contributed by atoms with van der Waals surface area (Å²) < 4.78 is 5.23. The number of nitrogens with one attached hydrogen (secondary N) is 1. The van der Waals surface area contributed by atoms with Gasteiger partial charge in [0.15, 0.2) is 5.82 Å². The summed E-state index contributed by atoms with van der Waals surface area (Å²) in [5, 5.41) is 3.31. The average Bonchev–Trinajstić information content (AvgIpc) is 2.50. The van der Waals surface area contributed by atoms with Crippen molar-refractivity contribution in [1.29, 1.82) is 0 Å². The smallest absolute Gasteiger partial charge is 0.242 e. The Hall–Kier alpha value is -1.56. The van der Waals surface area contributed by atoms with E-state index in [1.807, 2.05) is 0 Å². The van der Waals surface area contributed by atoms with Gasteiger partial charge in [-0.05, 0) is 32.5 Å². The minimum atomic E-state index is 0.458. The number of methoxy groups -OCH3 is 1. The number of aromatic nitrogens is 2. The molecular weight excluding hydrogens is 266 g/mol. The summed E-state index contributed by atoms with van der Waals surface area (Å²) in [7, 11) is 1.58. The van der Waals surface area contributed by atoms with Crippen LogP contribution < -0.4 is 15.8 Å². The number of aryl methyl sites for hydroxylation is 1. The van der Waals surface area contributed by atoms with Gasteiger partial charge in [-0.25, -0.2) is 4.98 Å². The van der Waals surface area contributed by atoms with Crippen molar-refractivity contribution in [2.24, 2.45) is 0 Å². The van der Waals surface area contributed by atoms with E-state index in [2.05, 4.69) is 41.0 Å². The van der Waals surface area contributed by atoms with Crippen LogP contribution in [0.5, 0.6) is 5.88 Å². The normalized spacial score (nSPS) is 10.9. The highest BCUT2D eigenvalue weighted by Crippen LogP contribution is 2.25. The molecule has 0 aliphatic heterocycles. The van der Waals surface area contributed by atoms with E-state index in [1.165, 1.54) is 0 Å². The van der Waals surface area contributed by atoms with Crippen LogP contribution in [0, 0.1) is 0 Å². The number of nitrogen functional groups attached to an aromatic ring is 1. The molecule has 0 spiro atoms. The van der Waals surface area contributed by atoms with Crippen molar-refractivity contribution in [2.75, 3.05) is 44.3 Å². The maximum atomic E-state index is 6.03. The van der Waals surface area contributed by atoms with Gasteiger partial charge in [0.05, 0.1) is 7.11 Å². The highest BCUT2D eigenvalue weighted by molar-refractivity contribution is 5.66. The van der Waals surface area contributed by atoms with E-state index >= 15 is 0 Å². The Morgan fingerprint density at radius 2 is 1.90 bits per heavy atom. The van der Waals surface area contributed by atoms with Crippen molar-refractivity contribution in [2.45, 2.75) is 40.0 Å². The van der Waals surface area contributed by atoms with Gasteiger partial charge in [0.1, 0.15) is 11.5 Å². The third-order valence-corrected chi connectivity index (χ3v) is 3.46. The molecule has 0 radical (unpaired) electrons. The summed E-state index contributed by atoms with van der Waals surface area (Å²) in [6.07, 6.45) is 2.87. The molecule has 0 atom stereocenters.